The normalized spacial score (nSPS) is 21.8. The van der Waals surface area contributed by atoms with Crippen molar-refractivity contribution in [2.24, 2.45) is 0 Å². The Bertz CT molecular complexity index is 507. The third-order valence-electron chi connectivity index (χ3n) is 4.29. The number of nitrogens with one attached hydrogen (secondary N) is 1. The molecule has 1 aromatic rings. The van der Waals surface area contributed by atoms with Crippen molar-refractivity contribution in [2.75, 3.05) is 24.5 Å². The summed E-state index contributed by atoms with van der Waals surface area (Å²) in [4.78, 5) is 13.9. The van der Waals surface area contributed by atoms with E-state index in [1.54, 1.807) is 4.90 Å². The van der Waals surface area contributed by atoms with Gasteiger partial charge in [-0.2, -0.15) is 0 Å². The second kappa shape index (κ2) is 4.53. The van der Waals surface area contributed by atoms with Gasteiger partial charge in [-0.15, -0.1) is 0 Å². The summed E-state index contributed by atoms with van der Waals surface area (Å²) < 4.78 is 5.67. The zero-order chi connectivity index (χ0) is 13.5. The average Bonchev–Trinajstić information content (AvgIpc) is 2.70. The second-order valence-corrected chi connectivity index (χ2v) is 5.66. The van der Waals surface area contributed by atoms with Gasteiger partial charge in [0.2, 0.25) is 0 Å². The summed E-state index contributed by atoms with van der Waals surface area (Å²) in [5, 5.41) is 3.31. The van der Waals surface area contributed by atoms with E-state index in [2.05, 4.69) is 31.3 Å². The number of hydrogen-bond donors (Lipinski definition) is 1. The number of carbonyl (C=O) groups is 1. The number of anilines is 1. The fraction of sp³-hybridized carbons (Fsp3) is 0.533. The lowest BCUT2D eigenvalue weighted by Crippen LogP contribution is -2.44. The number of nitrogens with zero attached hydrogens (tertiary/aromatic N) is 1. The maximum absolute atomic E-state index is 12.1. The topological polar surface area (TPSA) is 41.6 Å². The number of carbonyl (C=O) groups excluding carboxylic acids is 1. The van der Waals surface area contributed by atoms with Gasteiger partial charge in [0.25, 0.3) is 0 Å². The molecule has 2 fully saturated rings. The summed E-state index contributed by atoms with van der Waals surface area (Å²) in [6.45, 7) is 6.67. The highest BCUT2D eigenvalue weighted by Gasteiger charge is 2.46. The molecule has 4 heteroatoms. The SMILES string of the molecule is Cc1ccc(N2CC3(CCNCC3)OC2=O)cc1C. The molecule has 0 aromatic heterocycles. The molecule has 1 aromatic carbocycles. The Morgan fingerprint density at radius 3 is 2.63 bits per heavy atom. The van der Waals surface area contributed by atoms with Crippen LogP contribution < -0.4 is 10.2 Å². The van der Waals surface area contributed by atoms with Crippen molar-refractivity contribution >= 4 is 11.8 Å². The van der Waals surface area contributed by atoms with Gasteiger partial charge < -0.3 is 10.1 Å². The van der Waals surface area contributed by atoms with Gasteiger partial charge in [-0.25, -0.2) is 4.79 Å². The van der Waals surface area contributed by atoms with Crippen LogP contribution in [-0.2, 0) is 4.74 Å². The molecular weight excluding hydrogens is 240 g/mol. The van der Waals surface area contributed by atoms with Gasteiger partial charge in [0.05, 0.1) is 6.54 Å². The Balaban J connectivity index is 1.85. The van der Waals surface area contributed by atoms with Crippen LogP contribution in [0.2, 0.25) is 0 Å². The fourth-order valence-electron chi connectivity index (χ4n) is 2.86. The van der Waals surface area contributed by atoms with E-state index >= 15 is 0 Å². The number of rotatable bonds is 1. The summed E-state index contributed by atoms with van der Waals surface area (Å²) in [6.07, 6.45) is 1.60. The van der Waals surface area contributed by atoms with Crippen molar-refractivity contribution in [3.63, 3.8) is 0 Å². The van der Waals surface area contributed by atoms with E-state index in [0.717, 1.165) is 31.6 Å². The van der Waals surface area contributed by atoms with Crippen LogP contribution in [-0.4, -0.2) is 31.3 Å². The number of piperidine rings is 1. The van der Waals surface area contributed by atoms with E-state index in [0.29, 0.717) is 6.54 Å². The van der Waals surface area contributed by atoms with Gasteiger partial charge in [0, 0.05) is 18.5 Å². The van der Waals surface area contributed by atoms with Crippen molar-refractivity contribution in [1.29, 1.82) is 0 Å². The van der Waals surface area contributed by atoms with E-state index in [9.17, 15) is 4.79 Å². The smallest absolute Gasteiger partial charge is 0.415 e. The van der Waals surface area contributed by atoms with Crippen molar-refractivity contribution in [3.8, 4) is 0 Å². The molecule has 0 radical (unpaired) electrons. The predicted octanol–water partition coefficient (Wildman–Crippen LogP) is 2.38. The van der Waals surface area contributed by atoms with E-state index < -0.39 is 0 Å². The van der Waals surface area contributed by atoms with Crippen LogP contribution in [0.5, 0.6) is 0 Å². The summed E-state index contributed by atoms with van der Waals surface area (Å²) in [5.41, 5.74) is 3.12. The lowest BCUT2D eigenvalue weighted by molar-refractivity contribution is 0.0316. The van der Waals surface area contributed by atoms with Crippen LogP contribution in [0.25, 0.3) is 0 Å². The summed E-state index contributed by atoms with van der Waals surface area (Å²) in [7, 11) is 0. The lowest BCUT2D eigenvalue weighted by Gasteiger charge is -2.31. The Morgan fingerprint density at radius 2 is 1.95 bits per heavy atom. The molecule has 102 valence electrons. The monoisotopic (exact) mass is 260 g/mol. The first-order valence-electron chi connectivity index (χ1n) is 6.88. The first-order chi connectivity index (χ1) is 9.10. The highest BCUT2D eigenvalue weighted by Crippen LogP contribution is 2.34. The molecular formula is C15H20N2O2. The molecule has 0 aliphatic carbocycles. The predicted molar refractivity (Wildman–Crippen MR) is 74.6 cm³/mol. The lowest BCUT2D eigenvalue weighted by atomic mass is 9.92. The molecule has 0 unspecified atom stereocenters. The van der Waals surface area contributed by atoms with E-state index in [-0.39, 0.29) is 11.7 Å². The zero-order valence-electron chi connectivity index (χ0n) is 11.5. The van der Waals surface area contributed by atoms with Gasteiger partial charge in [-0.1, -0.05) is 6.07 Å². The van der Waals surface area contributed by atoms with Crippen LogP contribution in [0, 0.1) is 13.8 Å². The highest BCUT2D eigenvalue weighted by atomic mass is 16.6. The molecule has 1 spiro atoms. The van der Waals surface area contributed by atoms with Crippen LogP contribution >= 0.6 is 0 Å². The highest BCUT2D eigenvalue weighted by molar-refractivity contribution is 5.90. The minimum atomic E-state index is -0.277. The van der Waals surface area contributed by atoms with Gasteiger partial charge in [-0.3, -0.25) is 4.90 Å². The Hall–Kier alpha value is -1.55. The van der Waals surface area contributed by atoms with Crippen LogP contribution in [0.3, 0.4) is 0 Å². The van der Waals surface area contributed by atoms with Crippen molar-refractivity contribution in [2.45, 2.75) is 32.3 Å². The molecule has 0 bridgehead atoms. The molecule has 2 saturated heterocycles. The van der Waals surface area contributed by atoms with Crippen LogP contribution in [0.15, 0.2) is 18.2 Å². The largest absolute Gasteiger partial charge is 0.441 e. The Kier molecular flexibility index (Phi) is 2.97. The van der Waals surface area contributed by atoms with E-state index in [1.165, 1.54) is 11.1 Å². The molecule has 2 heterocycles. The van der Waals surface area contributed by atoms with Gasteiger partial charge in [0.1, 0.15) is 5.60 Å². The minimum Gasteiger partial charge on any atom is -0.441 e. The fourth-order valence-corrected chi connectivity index (χ4v) is 2.86. The standard InChI is InChI=1S/C15H20N2O2/c1-11-3-4-13(9-12(11)2)17-10-15(19-14(17)18)5-7-16-8-6-15/h3-4,9,16H,5-8,10H2,1-2H3. The first-order valence-corrected chi connectivity index (χ1v) is 6.88. The molecule has 0 saturated carbocycles. The third kappa shape index (κ3) is 2.21. The number of benzene rings is 1. The molecule has 19 heavy (non-hydrogen) atoms. The molecule has 0 atom stereocenters. The molecule has 2 aliphatic rings. The van der Waals surface area contributed by atoms with Crippen molar-refractivity contribution in [3.05, 3.63) is 29.3 Å². The van der Waals surface area contributed by atoms with E-state index in [1.807, 2.05) is 6.07 Å². The number of hydrogen-bond acceptors (Lipinski definition) is 3. The molecule has 1 amide bonds. The Morgan fingerprint density at radius 1 is 1.21 bits per heavy atom. The van der Waals surface area contributed by atoms with Crippen molar-refractivity contribution in [1.82, 2.24) is 5.32 Å². The maximum atomic E-state index is 12.1. The van der Waals surface area contributed by atoms with Crippen LogP contribution in [0.4, 0.5) is 10.5 Å². The molecule has 4 nitrogen and oxygen atoms in total. The van der Waals surface area contributed by atoms with E-state index in [4.69, 9.17) is 4.74 Å². The van der Waals surface area contributed by atoms with Crippen LogP contribution in [0.1, 0.15) is 24.0 Å². The van der Waals surface area contributed by atoms with Gasteiger partial charge in [0.15, 0.2) is 0 Å². The molecule has 3 rings (SSSR count). The summed E-state index contributed by atoms with van der Waals surface area (Å²) in [5.74, 6) is 0. The third-order valence-corrected chi connectivity index (χ3v) is 4.29. The van der Waals surface area contributed by atoms with Gasteiger partial charge >= 0.3 is 6.09 Å². The zero-order valence-corrected chi connectivity index (χ0v) is 11.5. The summed E-state index contributed by atoms with van der Waals surface area (Å²) >= 11 is 0. The Labute approximate surface area is 113 Å². The second-order valence-electron chi connectivity index (χ2n) is 5.66. The number of ether oxygens (including phenoxy) is 1. The average molecular weight is 260 g/mol. The number of aryl methyl sites for hydroxylation is 2. The minimum absolute atomic E-state index is 0.204. The number of amides is 1. The quantitative estimate of drug-likeness (QED) is 0.843. The van der Waals surface area contributed by atoms with Gasteiger partial charge in [-0.05, 0) is 50.2 Å². The summed E-state index contributed by atoms with van der Waals surface area (Å²) in [6, 6.07) is 6.13. The van der Waals surface area contributed by atoms with Crippen molar-refractivity contribution < 1.29 is 9.53 Å². The molecule has 2 aliphatic heterocycles. The molecule has 1 N–H and O–H groups in total. The first kappa shape index (κ1) is 12.5. The maximum Gasteiger partial charge on any atom is 0.415 e.